The first kappa shape index (κ1) is 16.5. The molecular formula is C13H17BrN2O4. The molecule has 0 fully saturated rings. The Hall–Kier alpha value is -1.60. The van der Waals surface area contributed by atoms with Gasteiger partial charge in [0.05, 0.1) is 13.2 Å². The van der Waals surface area contributed by atoms with Gasteiger partial charge >= 0.3 is 0 Å². The van der Waals surface area contributed by atoms with Crippen molar-refractivity contribution in [2.24, 2.45) is 0 Å². The second-order valence-electron chi connectivity index (χ2n) is 3.86. The first-order valence-corrected chi connectivity index (χ1v) is 6.82. The van der Waals surface area contributed by atoms with Gasteiger partial charge in [0.1, 0.15) is 5.75 Å². The van der Waals surface area contributed by atoms with E-state index in [0.29, 0.717) is 18.9 Å². The molecule has 0 aliphatic heterocycles. The molecule has 2 N–H and O–H groups in total. The molecule has 20 heavy (non-hydrogen) atoms. The number of hydrogen-bond donors (Lipinski definition) is 2. The molecule has 110 valence electrons. The van der Waals surface area contributed by atoms with Crippen molar-refractivity contribution >= 4 is 27.7 Å². The predicted octanol–water partition coefficient (Wildman–Crippen LogP) is 0.707. The summed E-state index contributed by atoms with van der Waals surface area (Å²) in [5.74, 6) is -0.0262. The quantitative estimate of drug-likeness (QED) is 0.681. The second-order valence-corrected chi connectivity index (χ2v) is 4.78. The Labute approximate surface area is 126 Å². The number of carbonyl (C=O) groups excluding carboxylic acids is 2. The van der Waals surface area contributed by atoms with Crippen molar-refractivity contribution in [2.75, 3.05) is 33.4 Å². The lowest BCUT2D eigenvalue weighted by Crippen LogP contribution is -2.39. The van der Waals surface area contributed by atoms with Gasteiger partial charge in [0, 0.05) is 18.1 Å². The molecule has 1 aromatic carbocycles. The van der Waals surface area contributed by atoms with Crippen LogP contribution in [0.4, 0.5) is 0 Å². The maximum atomic E-state index is 11.5. The molecule has 0 saturated heterocycles. The highest BCUT2D eigenvalue weighted by Crippen LogP contribution is 2.15. The highest BCUT2D eigenvalue weighted by Gasteiger charge is 2.05. The summed E-state index contributed by atoms with van der Waals surface area (Å²) in [6.07, 6.45) is 0. The molecule has 0 spiro atoms. The summed E-state index contributed by atoms with van der Waals surface area (Å²) in [7, 11) is 1.55. The Bertz CT molecular complexity index is 437. The molecule has 1 rings (SSSR count). The van der Waals surface area contributed by atoms with E-state index in [1.54, 1.807) is 19.2 Å². The second kappa shape index (κ2) is 9.33. The van der Waals surface area contributed by atoms with Gasteiger partial charge < -0.3 is 20.1 Å². The summed E-state index contributed by atoms with van der Waals surface area (Å²) in [6, 6.07) is 7.12. The van der Waals surface area contributed by atoms with Crippen molar-refractivity contribution in [3.05, 3.63) is 28.7 Å². The molecule has 6 nitrogen and oxygen atoms in total. The molecule has 0 saturated carbocycles. The molecule has 0 aliphatic carbocycles. The minimum absolute atomic E-state index is 0.0771. The standard InChI is InChI=1S/C13H17BrN2O4/c1-19-7-6-15-12(17)8-16-13(18)9-20-11-4-2-10(14)3-5-11/h2-5H,6-9H2,1H3,(H,15,17)(H,16,18). The van der Waals surface area contributed by atoms with Crippen LogP contribution in [0.25, 0.3) is 0 Å². The van der Waals surface area contributed by atoms with Gasteiger partial charge in [0.2, 0.25) is 5.91 Å². The van der Waals surface area contributed by atoms with Crippen LogP contribution >= 0.6 is 15.9 Å². The van der Waals surface area contributed by atoms with Crippen molar-refractivity contribution < 1.29 is 19.1 Å². The lowest BCUT2D eigenvalue weighted by atomic mass is 10.3. The number of ether oxygens (including phenoxy) is 2. The zero-order chi connectivity index (χ0) is 14.8. The summed E-state index contributed by atoms with van der Waals surface area (Å²) in [5, 5.41) is 5.06. The molecule has 2 amide bonds. The monoisotopic (exact) mass is 344 g/mol. The Kier molecular flexibility index (Phi) is 7.67. The fourth-order valence-corrected chi connectivity index (χ4v) is 1.53. The number of carbonyl (C=O) groups is 2. The number of methoxy groups -OCH3 is 1. The van der Waals surface area contributed by atoms with Crippen LogP contribution in [-0.2, 0) is 14.3 Å². The van der Waals surface area contributed by atoms with Crippen molar-refractivity contribution in [3.8, 4) is 5.75 Å². The molecule has 0 aliphatic rings. The average Bonchev–Trinajstić information content (AvgIpc) is 2.45. The fraction of sp³-hybridized carbons (Fsp3) is 0.385. The van der Waals surface area contributed by atoms with E-state index in [1.165, 1.54) is 0 Å². The maximum absolute atomic E-state index is 11.5. The molecule has 7 heteroatoms. The highest BCUT2D eigenvalue weighted by atomic mass is 79.9. The van der Waals surface area contributed by atoms with E-state index in [1.807, 2.05) is 12.1 Å². The summed E-state index contributed by atoms with van der Waals surface area (Å²) >= 11 is 3.30. The minimum atomic E-state index is -0.352. The maximum Gasteiger partial charge on any atom is 0.258 e. The predicted molar refractivity (Wildman–Crippen MR) is 77.5 cm³/mol. The molecule has 0 radical (unpaired) electrons. The molecule has 0 unspecified atom stereocenters. The van der Waals surface area contributed by atoms with E-state index in [9.17, 15) is 9.59 Å². The Morgan fingerprint density at radius 1 is 1.15 bits per heavy atom. The SMILES string of the molecule is COCCNC(=O)CNC(=O)COc1ccc(Br)cc1. The van der Waals surface area contributed by atoms with Crippen molar-refractivity contribution in [3.63, 3.8) is 0 Å². The summed E-state index contributed by atoms with van der Waals surface area (Å²) < 4.78 is 11.0. The van der Waals surface area contributed by atoms with Crippen LogP contribution in [0.2, 0.25) is 0 Å². The van der Waals surface area contributed by atoms with Gasteiger partial charge in [-0.3, -0.25) is 9.59 Å². The zero-order valence-corrected chi connectivity index (χ0v) is 12.7. The Morgan fingerprint density at radius 3 is 2.50 bits per heavy atom. The van der Waals surface area contributed by atoms with Crippen LogP contribution in [0, 0.1) is 0 Å². The molecule has 0 aromatic heterocycles. The van der Waals surface area contributed by atoms with Crippen LogP contribution in [0.1, 0.15) is 0 Å². The van der Waals surface area contributed by atoms with E-state index < -0.39 is 0 Å². The van der Waals surface area contributed by atoms with Gasteiger partial charge in [-0.15, -0.1) is 0 Å². The number of benzene rings is 1. The van der Waals surface area contributed by atoms with Crippen molar-refractivity contribution in [2.45, 2.75) is 0 Å². The molecule has 0 heterocycles. The topological polar surface area (TPSA) is 76.7 Å². The van der Waals surface area contributed by atoms with E-state index >= 15 is 0 Å². The van der Waals surface area contributed by atoms with Gasteiger partial charge in [-0.25, -0.2) is 0 Å². The minimum Gasteiger partial charge on any atom is -0.484 e. The average molecular weight is 345 g/mol. The van der Waals surface area contributed by atoms with Gasteiger partial charge in [-0.2, -0.15) is 0 Å². The third-order valence-corrected chi connectivity index (χ3v) is 2.79. The van der Waals surface area contributed by atoms with Crippen LogP contribution in [0.5, 0.6) is 5.75 Å². The van der Waals surface area contributed by atoms with Gasteiger partial charge in [0.25, 0.3) is 5.91 Å². The Morgan fingerprint density at radius 2 is 1.85 bits per heavy atom. The van der Waals surface area contributed by atoms with Crippen LogP contribution < -0.4 is 15.4 Å². The lowest BCUT2D eigenvalue weighted by molar-refractivity contribution is -0.127. The smallest absolute Gasteiger partial charge is 0.258 e. The largest absolute Gasteiger partial charge is 0.484 e. The van der Waals surface area contributed by atoms with E-state index in [2.05, 4.69) is 26.6 Å². The normalized spacial score (nSPS) is 9.90. The lowest BCUT2D eigenvalue weighted by Gasteiger charge is -2.08. The molecule has 1 aromatic rings. The molecular weight excluding hydrogens is 328 g/mol. The van der Waals surface area contributed by atoms with Gasteiger partial charge in [0.15, 0.2) is 6.61 Å². The third-order valence-electron chi connectivity index (χ3n) is 2.26. The van der Waals surface area contributed by atoms with Crippen LogP contribution in [0.3, 0.4) is 0 Å². The summed E-state index contributed by atoms with van der Waals surface area (Å²) in [4.78, 5) is 22.8. The van der Waals surface area contributed by atoms with Crippen molar-refractivity contribution in [1.82, 2.24) is 10.6 Å². The number of halogens is 1. The third kappa shape index (κ3) is 7.10. The van der Waals surface area contributed by atoms with Gasteiger partial charge in [-0.1, -0.05) is 15.9 Å². The Balaban J connectivity index is 2.17. The summed E-state index contributed by atoms with van der Waals surface area (Å²) in [6.45, 7) is 0.645. The van der Waals surface area contributed by atoms with Crippen LogP contribution in [0.15, 0.2) is 28.7 Å². The first-order valence-electron chi connectivity index (χ1n) is 6.02. The van der Waals surface area contributed by atoms with Crippen molar-refractivity contribution in [1.29, 1.82) is 0 Å². The van der Waals surface area contributed by atoms with Crippen LogP contribution in [-0.4, -0.2) is 45.2 Å². The number of amides is 2. The first-order chi connectivity index (χ1) is 9.61. The molecule has 0 bridgehead atoms. The zero-order valence-electron chi connectivity index (χ0n) is 11.1. The fourth-order valence-electron chi connectivity index (χ4n) is 1.26. The van der Waals surface area contributed by atoms with Gasteiger partial charge in [-0.05, 0) is 24.3 Å². The number of nitrogens with one attached hydrogen (secondary N) is 2. The number of rotatable bonds is 8. The molecule has 0 atom stereocenters. The van der Waals surface area contributed by atoms with E-state index in [4.69, 9.17) is 9.47 Å². The van der Waals surface area contributed by atoms with E-state index in [-0.39, 0.29) is 25.0 Å². The highest BCUT2D eigenvalue weighted by molar-refractivity contribution is 9.10. The summed E-state index contributed by atoms with van der Waals surface area (Å²) in [5.41, 5.74) is 0. The number of hydrogen-bond acceptors (Lipinski definition) is 4. The van der Waals surface area contributed by atoms with E-state index in [0.717, 1.165) is 4.47 Å².